The lowest BCUT2D eigenvalue weighted by Crippen LogP contribution is -2.41. The number of nitrogens with one attached hydrogen (secondary N) is 1. The van der Waals surface area contributed by atoms with Crippen LogP contribution in [0.4, 0.5) is 0 Å². The third-order valence-electron chi connectivity index (χ3n) is 2.87. The van der Waals surface area contributed by atoms with E-state index >= 15 is 0 Å². The molecule has 2 N–H and O–H groups in total. The summed E-state index contributed by atoms with van der Waals surface area (Å²) in [5.41, 5.74) is 4.59. The summed E-state index contributed by atoms with van der Waals surface area (Å²) in [6, 6.07) is 5.61. The second-order valence-corrected chi connectivity index (χ2v) is 5.02. The first-order chi connectivity index (χ1) is 7.75. The zero-order valence-corrected chi connectivity index (χ0v) is 10.8. The summed E-state index contributed by atoms with van der Waals surface area (Å²) in [6.45, 7) is 3.09. The minimum atomic E-state index is 0.293. The molecule has 1 heterocycles. The third kappa shape index (κ3) is 3.20. The fraction of sp³-hybridized carbons (Fsp3) is 0.500. The van der Waals surface area contributed by atoms with Gasteiger partial charge in [0.25, 0.3) is 0 Å². The fourth-order valence-corrected chi connectivity index (χ4v) is 2.34. The number of hydrazine groups is 1. The van der Waals surface area contributed by atoms with Crippen LogP contribution in [0.15, 0.2) is 22.7 Å². The summed E-state index contributed by atoms with van der Waals surface area (Å²) < 4.78 is 0.755. The van der Waals surface area contributed by atoms with Gasteiger partial charge in [0.2, 0.25) is 0 Å². The quantitative estimate of drug-likeness (QED) is 0.896. The molecule has 3 nitrogen and oxygen atoms in total. The maximum atomic E-state index is 9.38. The van der Waals surface area contributed by atoms with Gasteiger partial charge < -0.3 is 5.11 Å². The molecule has 0 amide bonds. The van der Waals surface area contributed by atoms with Crippen LogP contribution in [0, 0.1) is 0 Å². The van der Waals surface area contributed by atoms with Crippen molar-refractivity contribution in [1.29, 1.82) is 0 Å². The lowest BCUT2D eigenvalue weighted by atomic mass is 10.2. The number of benzene rings is 1. The lowest BCUT2D eigenvalue weighted by Gasteiger charge is -2.27. The van der Waals surface area contributed by atoms with Crippen LogP contribution in [0.3, 0.4) is 0 Å². The summed E-state index contributed by atoms with van der Waals surface area (Å²) >= 11 is 3.32. The van der Waals surface area contributed by atoms with Crippen LogP contribution in [-0.4, -0.2) is 23.2 Å². The predicted molar refractivity (Wildman–Crippen MR) is 68.1 cm³/mol. The van der Waals surface area contributed by atoms with Crippen molar-refractivity contribution in [2.75, 3.05) is 13.1 Å². The molecule has 0 atom stereocenters. The fourth-order valence-electron chi connectivity index (χ4n) is 1.92. The van der Waals surface area contributed by atoms with Gasteiger partial charge in [-0.1, -0.05) is 12.5 Å². The molecule has 0 radical (unpaired) electrons. The van der Waals surface area contributed by atoms with Gasteiger partial charge in [0.1, 0.15) is 5.75 Å². The minimum Gasteiger partial charge on any atom is -0.507 e. The van der Waals surface area contributed by atoms with Crippen molar-refractivity contribution in [3.8, 4) is 5.75 Å². The van der Waals surface area contributed by atoms with E-state index in [-0.39, 0.29) is 0 Å². The van der Waals surface area contributed by atoms with Crippen LogP contribution in [0.5, 0.6) is 5.75 Å². The van der Waals surface area contributed by atoms with Gasteiger partial charge >= 0.3 is 0 Å². The van der Waals surface area contributed by atoms with E-state index in [9.17, 15) is 5.11 Å². The number of aromatic hydroxyl groups is 1. The van der Waals surface area contributed by atoms with Crippen LogP contribution >= 0.6 is 15.9 Å². The van der Waals surface area contributed by atoms with Crippen molar-refractivity contribution >= 4 is 15.9 Å². The Labute approximate surface area is 105 Å². The number of nitrogens with zero attached hydrogens (tertiary/aromatic N) is 1. The minimum absolute atomic E-state index is 0.293. The molecule has 1 aliphatic rings. The molecule has 88 valence electrons. The largest absolute Gasteiger partial charge is 0.507 e. The van der Waals surface area contributed by atoms with Crippen LogP contribution in [0.1, 0.15) is 24.8 Å². The van der Waals surface area contributed by atoms with E-state index in [0.29, 0.717) is 5.75 Å². The van der Waals surface area contributed by atoms with E-state index in [1.54, 1.807) is 6.07 Å². The Bertz CT molecular complexity index is 351. The number of phenolic OH excluding ortho intramolecular Hbond substituents is 1. The zero-order valence-electron chi connectivity index (χ0n) is 9.25. The molecule has 0 bridgehead atoms. The van der Waals surface area contributed by atoms with Gasteiger partial charge in [-0.3, -0.25) is 5.43 Å². The van der Waals surface area contributed by atoms with Crippen molar-refractivity contribution in [2.45, 2.75) is 25.8 Å². The molecular formula is C12H17BrN2O. The first kappa shape index (κ1) is 11.9. The number of rotatable bonds is 3. The van der Waals surface area contributed by atoms with E-state index in [0.717, 1.165) is 24.1 Å². The Morgan fingerprint density at radius 1 is 1.25 bits per heavy atom. The lowest BCUT2D eigenvalue weighted by molar-refractivity contribution is 0.151. The Hall–Kier alpha value is -0.580. The number of hydrogen-bond acceptors (Lipinski definition) is 3. The average molecular weight is 285 g/mol. The summed E-state index contributed by atoms with van der Waals surface area (Å²) in [4.78, 5) is 0. The zero-order chi connectivity index (χ0) is 11.4. The maximum Gasteiger partial charge on any atom is 0.129 e. The van der Waals surface area contributed by atoms with E-state index < -0.39 is 0 Å². The predicted octanol–water partition coefficient (Wildman–Crippen LogP) is 2.65. The molecule has 1 aliphatic heterocycles. The van der Waals surface area contributed by atoms with E-state index in [1.807, 2.05) is 12.1 Å². The molecule has 0 unspecified atom stereocenters. The van der Waals surface area contributed by atoms with Gasteiger partial charge in [0.05, 0.1) is 4.47 Å². The second kappa shape index (κ2) is 5.66. The molecule has 0 saturated carbocycles. The SMILES string of the molecule is Oc1ccc(CNN2CCCCC2)cc1Br. The molecule has 0 aliphatic carbocycles. The van der Waals surface area contributed by atoms with E-state index in [1.165, 1.54) is 24.8 Å². The van der Waals surface area contributed by atoms with Crippen LogP contribution in [0.25, 0.3) is 0 Å². The Balaban J connectivity index is 1.86. The number of hydrogen-bond donors (Lipinski definition) is 2. The molecule has 16 heavy (non-hydrogen) atoms. The first-order valence-corrected chi connectivity index (χ1v) is 6.51. The Morgan fingerprint density at radius 2 is 2.00 bits per heavy atom. The molecule has 1 aromatic carbocycles. The smallest absolute Gasteiger partial charge is 0.129 e. The van der Waals surface area contributed by atoms with Crippen molar-refractivity contribution in [3.63, 3.8) is 0 Å². The molecule has 1 aromatic rings. The maximum absolute atomic E-state index is 9.38. The van der Waals surface area contributed by atoms with Crippen molar-refractivity contribution in [3.05, 3.63) is 28.2 Å². The van der Waals surface area contributed by atoms with Crippen molar-refractivity contribution in [1.82, 2.24) is 10.4 Å². The highest BCUT2D eigenvalue weighted by Crippen LogP contribution is 2.24. The highest BCUT2D eigenvalue weighted by Gasteiger charge is 2.09. The van der Waals surface area contributed by atoms with Gasteiger partial charge in [0.15, 0.2) is 0 Å². The highest BCUT2D eigenvalue weighted by atomic mass is 79.9. The van der Waals surface area contributed by atoms with Gasteiger partial charge in [-0.25, -0.2) is 5.01 Å². The molecule has 0 aromatic heterocycles. The van der Waals surface area contributed by atoms with Crippen LogP contribution in [-0.2, 0) is 6.54 Å². The summed E-state index contributed by atoms with van der Waals surface area (Å²) in [6.07, 6.45) is 3.92. The highest BCUT2D eigenvalue weighted by molar-refractivity contribution is 9.10. The van der Waals surface area contributed by atoms with Crippen LogP contribution in [0.2, 0.25) is 0 Å². The van der Waals surface area contributed by atoms with E-state index in [4.69, 9.17) is 0 Å². The third-order valence-corrected chi connectivity index (χ3v) is 3.51. The van der Waals surface area contributed by atoms with Crippen molar-refractivity contribution < 1.29 is 5.11 Å². The van der Waals surface area contributed by atoms with Gasteiger partial charge in [-0.2, -0.15) is 0 Å². The molecule has 0 spiro atoms. The monoisotopic (exact) mass is 284 g/mol. The summed E-state index contributed by atoms with van der Waals surface area (Å²) in [7, 11) is 0. The van der Waals surface area contributed by atoms with Gasteiger partial charge in [-0.15, -0.1) is 0 Å². The number of halogens is 1. The first-order valence-electron chi connectivity index (χ1n) is 5.71. The second-order valence-electron chi connectivity index (χ2n) is 4.17. The molecule has 1 saturated heterocycles. The molecule has 4 heteroatoms. The molecule has 1 fully saturated rings. The molecular weight excluding hydrogens is 268 g/mol. The number of phenols is 1. The van der Waals surface area contributed by atoms with E-state index in [2.05, 4.69) is 26.4 Å². The van der Waals surface area contributed by atoms with Crippen molar-refractivity contribution in [2.24, 2.45) is 0 Å². The van der Waals surface area contributed by atoms with Gasteiger partial charge in [-0.05, 0) is 46.5 Å². The Kier molecular flexibility index (Phi) is 4.21. The normalized spacial score (nSPS) is 17.6. The summed E-state index contributed by atoms with van der Waals surface area (Å²) in [5.74, 6) is 0.293. The number of piperidine rings is 1. The standard InChI is InChI=1S/C12H17BrN2O/c13-11-8-10(4-5-12(11)16)9-14-15-6-2-1-3-7-15/h4-5,8,14,16H,1-3,6-7,9H2. The topological polar surface area (TPSA) is 35.5 Å². The summed E-state index contributed by atoms with van der Waals surface area (Å²) in [5, 5.41) is 11.7. The van der Waals surface area contributed by atoms with Crippen LogP contribution < -0.4 is 5.43 Å². The Morgan fingerprint density at radius 3 is 2.69 bits per heavy atom. The average Bonchev–Trinajstić information content (AvgIpc) is 2.32. The molecule has 2 rings (SSSR count). The van der Waals surface area contributed by atoms with Gasteiger partial charge in [0, 0.05) is 19.6 Å².